The van der Waals surface area contributed by atoms with Crippen molar-refractivity contribution in [3.05, 3.63) is 0 Å². The standard InChI is InChI=1S/C28H60N.BH4/c1-5-9-13-14-15-16-17-18-19-20-21-22-23-24-28-29(25-10-6-2,26-11-7-3)27-12-8-4;/h5-28H2,1-4H3;1H4/q+1;-1. The monoisotopic (exact) mass is 426 g/mol. The number of rotatable bonds is 24. The van der Waals surface area contributed by atoms with Crippen LogP contribution in [-0.2, 0) is 0 Å². The Morgan fingerprint density at radius 2 is 0.533 bits per heavy atom. The molecule has 0 radical (unpaired) electrons. The molecule has 0 bridgehead atoms. The van der Waals surface area contributed by atoms with Crippen molar-refractivity contribution < 1.29 is 4.48 Å². The molecule has 0 saturated carbocycles. The molecule has 0 aliphatic rings. The van der Waals surface area contributed by atoms with Crippen LogP contribution in [0.3, 0.4) is 0 Å². The van der Waals surface area contributed by atoms with Gasteiger partial charge in [-0.1, -0.05) is 132 Å². The van der Waals surface area contributed by atoms with Gasteiger partial charge in [0.25, 0.3) is 0 Å². The second kappa shape index (κ2) is 25.3. The lowest BCUT2D eigenvalue weighted by Crippen LogP contribution is -2.50. The third kappa shape index (κ3) is 20.0. The molecule has 0 aromatic heterocycles. The Morgan fingerprint density at radius 3 is 0.833 bits per heavy atom. The van der Waals surface area contributed by atoms with Crippen LogP contribution in [0.5, 0.6) is 0 Å². The summed E-state index contributed by atoms with van der Waals surface area (Å²) in [5, 5.41) is 0. The highest BCUT2D eigenvalue weighted by atomic mass is 15.3. The van der Waals surface area contributed by atoms with Gasteiger partial charge >= 0.3 is 0 Å². The quantitative estimate of drug-likeness (QED) is 0.0830. The zero-order valence-electron chi connectivity index (χ0n) is 21.4. The van der Waals surface area contributed by atoms with E-state index in [4.69, 9.17) is 0 Å². The first kappa shape index (κ1) is 32.2. The Labute approximate surface area is 195 Å². The van der Waals surface area contributed by atoms with Gasteiger partial charge in [0.15, 0.2) is 0 Å². The van der Waals surface area contributed by atoms with Crippen molar-refractivity contribution in [2.45, 2.75) is 156 Å². The predicted octanol–water partition coefficient (Wildman–Crippen LogP) is 8.23. The number of hydrogen-bond acceptors (Lipinski definition) is 0. The van der Waals surface area contributed by atoms with Gasteiger partial charge in [-0.2, -0.15) is 0 Å². The SMILES string of the molecule is CCCCCCCCCCCCCCCC[N+](CCCC)(CCCC)CCCC.[BH4-]. The van der Waals surface area contributed by atoms with Crippen molar-refractivity contribution >= 4 is 8.41 Å². The molecule has 0 N–H and O–H groups in total. The molecule has 184 valence electrons. The van der Waals surface area contributed by atoms with Gasteiger partial charge in [-0.15, -0.1) is 0 Å². The molecule has 2 heteroatoms. The third-order valence-corrected chi connectivity index (χ3v) is 6.94. The van der Waals surface area contributed by atoms with E-state index in [-0.39, 0.29) is 8.41 Å². The zero-order valence-corrected chi connectivity index (χ0v) is 21.4. The van der Waals surface area contributed by atoms with E-state index in [1.807, 2.05) is 0 Å². The molecule has 0 unspecified atom stereocenters. The van der Waals surface area contributed by atoms with Crippen molar-refractivity contribution in [1.82, 2.24) is 0 Å². The van der Waals surface area contributed by atoms with Gasteiger partial charge in [-0.25, -0.2) is 0 Å². The first-order chi connectivity index (χ1) is 14.2. The summed E-state index contributed by atoms with van der Waals surface area (Å²) in [6.45, 7) is 15.2. The average molecular weight is 426 g/mol. The molecular weight excluding hydrogens is 361 g/mol. The first-order valence-corrected chi connectivity index (χ1v) is 14.1. The maximum atomic E-state index is 2.36. The summed E-state index contributed by atoms with van der Waals surface area (Å²) in [5.74, 6) is 0. The van der Waals surface area contributed by atoms with E-state index in [1.165, 1.54) is 159 Å². The van der Waals surface area contributed by atoms with E-state index in [0.717, 1.165) is 0 Å². The van der Waals surface area contributed by atoms with Crippen LogP contribution in [0.15, 0.2) is 0 Å². The lowest BCUT2D eigenvalue weighted by molar-refractivity contribution is -0.929. The molecule has 0 fully saturated rings. The fourth-order valence-corrected chi connectivity index (χ4v) is 4.79. The van der Waals surface area contributed by atoms with Gasteiger partial charge in [-0.05, 0) is 32.1 Å². The molecule has 30 heavy (non-hydrogen) atoms. The highest BCUT2D eigenvalue weighted by Crippen LogP contribution is 2.18. The van der Waals surface area contributed by atoms with E-state index in [1.54, 1.807) is 0 Å². The first-order valence-electron chi connectivity index (χ1n) is 14.1. The van der Waals surface area contributed by atoms with Gasteiger partial charge in [0, 0.05) is 0 Å². The topological polar surface area (TPSA) is 0 Å². The lowest BCUT2D eigenvalue weighted by atomic mass is 10.0. The lowest BCUT2D eigenvalue weighted by Gasteiger charge is -2.39. The van der Waals surface area contributed by atoms with Crippen LogP contribution in [-0.4, -0.2) is 39.1 Å². The molecule has 0 rings (SSSR count). The maximum absolute atomic E-state index is 2.36. The van der Waals surface area contributed by atoms with Gasteiger partial charge in [0.2, 0.25) is 0 Å². The van der Waals surface area contributed by atoms with Crippen molar-refractivity contribution in [3.63, 3.8) is 0 Å². The number of nitrogens with zero attached hydrogens (tertiary/aromatic N) is 1. The molecule has 0 spiro atoms. The van der Waals surface area contributed by atoms with Crippen LogP contribution < -0.4 is 0 Å². The largest absolute Gasteiger partial charge is 0.324 e. The Hall–Kier alpha value is 0.0249. The normalized spacial score (nSPS) is 11.6. The molecule has 0 aromatic carbocycles. The highest BCUT2D eigenvalue weighted by Gasteiger charge is 2.24. The molecular formula is C28H64BN. The van der Waals surface area contributed by atoms with Crippen molar-refractivity contribution in [1.29, 1.82) is 0 Å². The fraction of sp³-hybridized carbons (Fsp3) is 1.00. The summed E-state index contributed by atoms with van der Waals surface area (Å²) in [4.78, 5) is 0. The summed E-state index contributed by atoms with van der Waals surface area (Å²) in [6.07, 6.45) is 28.9. The van der Waals surface area contributed by atoms with E-state index in [9.17, 15) is 0 Å². The number of unbranched alkanes of at least 4 members (excludes halogenated alkanes) is 16. The average Bonchev–Trinajstić information content (AvgIpc) is 2.74. The third-order valence-electron chi connectivity index (χ3n) is 6.94. The Kier molecular flexibility index (Phi) is 27.1. The Morgan fingerprint density at radius 1 is 0.300 bits per heavy atom. The van der Waals surface area contributed by atoms with Crippen LogP contribution in [0, 0.1) is 0 Å². The van der Waals surface area contributed by atoms with Gasteiger partial charge in [0.1, 0.15) is 0 Å². The second-order valence-corrected chi connectivity index (χ2v) is 9.89. The number of quaternary nitrogens is 1. The van der Waals surface area contributed by atoms with E-state index in [0.29, 0.717) is 0 Å². The fourth-order valence-electron chi connectivity index (χ4n) is 4.79. The van der Waals surface area contributed by atoms with Crippen LogP contribution in [0.1, 0.15) is 156 Å². The smallest absolute Gasteiger partial charge is 0.0786 e. The molecule has 0 aromatic rings. The minimum absolute atomic E-state index is 0. The van der Waals surface area contributed by atoms with Crippen LogP contribution in [0.4, 0.5) is 0 Å². The van der Waals surface area contributed by atoms with Crippen molar-refractivity contribution in [3.8, 4) is 0 Å². The minimum atomic E-state index is 0. The van der Waals surface area contributed by atoms with Gasteiger partial charge in [0.05, 0.1) is 26.2 Å². The zero-order chi connectivity index (χ0) is 21.5. The summed E-state index contributed by atoms with van der Waals surface area (Å²) in [7, 11) is 0. The van der Waals surface area contributed by atoms with Crippen LogP contribution in [0.25, 0.3) is 0 Å². The molecule has 0 amide bonds. The van der Waals surface area contributed by atoms with E-state index >= 15 is 0 Å². The molecule has 0 aliphatic heterocycles. The van der Waals surface area contributed by atoms with Crippen molar-refractivity contribution in [2.24, 2.45) is 0 Å². The van der Waals surface area contributed by atoms with Crippen molar-refractivity contribution in [2.75, 3.05) is 26.2 Å². The van der Waals surface area contributed by atoms with Crippen LogP contribution >= 0.6 is 0 Å². The second-order valence-electron chi connectivity index (χ2n) is 9.89. The molecule has 0 aliphatic carbocycles. The van der Waals surface area contributed by atoms with E-state index < -0.39 is 0 Å². The number of hydrogen-bond donors (Lipinski definition) is 0. The van der Waals surface area contributed by atoms with Gasteiger partial charge in [-0.3, -0.25) is 0 Å². The Bertz CT molecular complexity index is 283. The highest BCUT2D eigenvalue weighted by molar-refractivity contribution is 5.75. The molecule has 1 nitrogen and oxygen atoms in total. The Balaban J connectivity index is 0. The molecule has 0 saturated heterocycles. The van der Waals surface area contributed by atoms with Crippen LogP contribution in [0.2, 0.25) is 0 Å². The summed E-state index contributed by atoms with van der Waals surface area (Å²) in [6, 6.07) is 0. The predicted molar refractivity (Wildman–Crippen MR) is 146 cm³/mol. The summed E-state index contributed by atoms with van der Waals surface area (Å²) < 4.78 is 1.44. The summed E-state index contributed by atoms with van der Waals surface area (Å²) in [5.41, 5.74) is 0. The van der Waals surface area contributed by atoms with Gasteiger partial charge < -0.3 is 4.48 Å². The molecule has 0 atom stereocenters. The minimum Gasteiger partial charge on any atom is -0.324 e. The molecule has 0 heterocycles. The summed E-state index contributed by atoms with van der Waals surface area (Å²) >= 11 is 0. The van der Waals surface area contributed by atoms with E-state index in [2.05, 4.69) is 27.7 Å². The maximum Gasteiger partial charge on any atom is 0.0786 e.